The Morgan fingerprint density at radius 2 is 1.95 bits per heavy atom. The van der Waals surface area contributed by atoms with Crippen molar-refractivity contribution in [2.75, 3.05) is 5.32 Å². The van der Waals surface area contributed by atoms with Crippen LogP contribution in [0.4, 0.5) is 5.00 Å². The van der Waals surface area contributed by atoms with Gasteiger partial charge in [-0.15, -0.1) is 11.3 Å². The van der Waals surface area contributed by atoms with Crippen molar-refractivity contribution in [2.24, 2.45) is 17.6 Å². The average Bonchev–Trinajstić information content (AvgIpc) is 3.05. The van der Waals surface area contributed by atoms with Gasteiger partial charge in [0.15, 0.2) is 0 Å². The zero-order valence-electron chi connectivity index (χ0n) is 11.6. The summed E-state index contributed by atoms with van der Waals surface area (Å²) in [7, 11) is 0. The smallest absolute Gasteiger partial charge is 0.251 e. The number of hydrogen-bond acceptors (Lipinski definition) is 3. The standard InChI is InChI=1S/C16H16N2O2S/c1-9-7-11(9)15(20)18-16-12(14(17)19)8-13(21-16)10-5-3-2-4-6-10/h2-6,8-9,11H,7H2,1H3,(H2,17,19)(H,18,20). The lowest BCUT2D eigenvalue weighted by Gasteiger charge is -2.03. The van der Waals surface area contributed by atoms with Gasteiger partial charge >= 0.3 is 0 Å². The minimum atomic E-state index is -0.521. The van der Waals surface area contributed by atoms with E-state index in [0.29, 0.717) is 16.5 Å². The Balaban J connectivity index is 1.90. The van der Waals surface area contributed by atoms with Gasteiger partial charge in [-0.25, -0.2) is 0 Å². The molecule has 3 rings (SSSR count). The predicted octanol–water partition coefficient (Wildman–Crippen LogP) is 3.11. The van der Waals surface area contributed by atoms with Gasteiger partial charge in [-0.1, -0.05) is 37.3 Å². The highest BCUT2D eigenvalue weighted by atomic mass is 32.1. The van der Waals surface area contributed by atoms with E-state index in [4.69, 9.17) is 5.73 Å². The molecule has 0 aliphatic heterocycles. The first kappa shape index (κ1) is 13.8. The van der Waals surface area contributed by atoms with Crippen molar-refractivity contribution < 1.29 is 9.59 Å². The molecule has 1 aromatic carbocycles. The van der Waals surface area contributed by atoms with Gasteiger partial charge in [0, 0.05) is 10.8 Å². The second-order valence-corrected chi connectivity index (χ2v) is 6.44. The van der Waals surface area contributed by atoms with Crippen molar-refractivity contribution in [1.82, 2.24) is 0 Å². The van der Waals surface area contributed by atoms with Crippen molar-refractivity contribution in [3.63, 3.8) is 0 Å². The van der Waals surface area contributed by atoms with Crippen LogP contribution in [0.25, 0.3) is 10.4 Å². The number of thiophene rings is 1. The molecule has 4 nitrogen and oxygen atoms in total. The number of anilines is 1. The second-order valence-electron chi connectivity index (χ2n) is 5.39. The number of carbonyl (C=O) groups is 2. The van der Waals surface area contributed by atoms with E-state index < -0.39 is 5.91 Å². The molecule has 21 heavy (non-hydrogen) atoms. The average molecular weight is 300 g/mol. The second kappa shape index (κ2) is 5.33. The normalized spacial score (nSPS) is 20.0. The van der Waals surface area contributed by atoms with Gasteiger partial charge in [0.05, 0.1) is 5.56 Å². The van der Waals surface area contributed by atoms with E-state index in [-0.39, 0.29) is 11.8 Å². The van der Waals surface area contributed by atoms with E-state index in [1.807, 2.05) is 37.3 Å². The fourth-order valence-corrected chi connectivity index (χ4v) is 3.38. The van der Waals surface area contributed by atoms with Crippen molar-refractivity contribution in [1.29, 1.82) is 0 Å². The zero-order chi connectivity index (χ0) is 15.0. The molecule has 1 saturated carbocycles. The number of primary amides is 1. The molecule has 0 spiro atoms. The molecule has 0 radical (unpaired) electrons. The predicted molar refractivity (Wildman–Crippen MR) is 84.2 cm³/mol. The Morgan fingerprint density at radius 3 is 2.52 bits per heavy atom. The molecule has 2 aromatic rings. The summed E-state index contributed by atoms with van der Waals surface area (Å²) in [6.07, 6.45) is 0.911. The maximum atomic E-state index is 12.0. The lowest BCUT2D eigenvalue weighted by atomic mass is 10.1. The van der Waals surface area contributed by atoms with E-state index in [1.54, 1.807) is 6.07 Å². The highest BCUT2D eigenvalue weighted by molar-refractivity contribution is 7.20. The summed E-state index contributed by atoms with van der Waals surface area (Å²) in [6.45, 7) is 2.04. The quantitative estimate of drug-likeness (QED) is 0.910. The molecule has 1 heterocycles. The molecular formula is C16H16N2O2S. The summed E-state index contributed by atoms with van der Waals surface area (Å²) in [5.74, 6) is -0.0531. The Hall–Kier alpha value is -2.14. The molecule has 1 aromatic heterocycles. The number of benzene rings is 1. The zero-order valence-corrected chi connectivity index (χ0v) is 12.4. The first-order valence-corrected chi connectivity index (χ1v) is 7.68. The fourth-order valence-electron chi connectivity index (χ4n) is 2.30. The van der Waals surface area contributed by atoms with Crippen LogP contribution in [-0.4, -0.2) is 11.8 Å². The van der Waals surface area contributed by atoms with E-state index in [1.165, 1.54) is 11.3 Å². The Morgan fingerprint density at radius 1 is 1.29 bits per heavy atom. The van der Waals surface area contributed by atoms with E-state index in [9.17, 15) is 9.59 Å². The Labute approximate surface area is 127 Å². The van der Waals surface area contributed by atoms with E-state index >= 15 is 0 Å². The molecule has 1 aliphatic carbocycles. The van der Waals surface area contributed by atoms with Crippen molar-refractivity contribution >= 4 is 28.2 Å². The summed E-state index contributed by atoms with van der Waals surface area (Å²) in [5, 5.41) is 3.40. The van der Waals surface area contributed by atoms with Crippen LogP contribution in [0.2, 0.25) is 0 Å². The molecule has 1 fully saturated rings. The molecular weight excluding hydrogens is 284 g/mol. The van der Waals surface area contributed by atoms with Gasteiger partial charge in [-0.05, 0) is 24.0 Å². The third-order valence-electron chi connectivity index (χ3n) is 3.74. The molecule has 0 bridgehead atoms. The minimum absolute atomic E-state index is 0.0218. The molecule has 108 valence electrons. The summed E-state index contributed by atoms with van der Waals surface area (Å²) in [6, 6.07) is 11.5. The number of amides is 2. The number of hydrogen-bond donors (Lipinski definition) is 2. The highest BCUT2D eigenvalue weighted by Crippen LogP contribution is 2.40. The SMILES string of the molecule is CC1CC1C(=O)Nc1sc(-c2ccccc2)cc1C(N)=O. The molecule has 2 atom stereocenters. The summed E-state index contributed by atoms with van der Waals surface area (Å²) >= 11 is 1.38. The number of carbonyl (C=O) groups excluding carboxylic acids is 2. The van der Waals surface area contributed by atoms with Crippen LogP contribution in [0.3, 0.4) is 0 Å². The molecule has 5 heteroatoms. The van der Waals surface area contributed by atoms with E-state index in [0.717, 1.165) is 16.9 Å². The summed E-state index contributed by atoms with van der Waals surface area (Å²) in [5.41, 5.74) is 6.80. The Bertz CT molecular complexity index is 694. The monoisotopic (exact) mass is 300 g/mol. The summed E-state index contributed by atoms with van der Waals surface area (Å²) < 4.78 is 0. The first-order chi connectivity index (χ1) is 10.1. The topological polar surface area (TPSA) is 72.2 Å². The third-order valence-corrected chi connectivity index (χ3v) is 4.84. The van der Waals surface area contributed by atoms with Crippen LogP contribution >= 0.6 is 11.3 Å². The maximum Gasteiger partial charge on any atom is 0.251 e. The fraction of sp³-hybridized carbons (Fsp3) is 0.250. The molecule has 0 saturated heterocycles. The van der Waals surface area contributed by atoms with Gasteiger partial charge in [-0.2, -0.15) is 0 Å². The van der Waals surface area contributed by atoms with Gasteiger partial charge in [0.25, 0.3) is 5.91 Å². The van der Waals surface area contributed by atoms with Crippen LogP contribution in [0.1, 0.15) is 23.7 Å². The van der Waals surface area contributed by atoms with Gasteiger partial charge in [-0.3, -0.25) is 9.59 Å². The molecule has 2 amide bonds. The van der Waals surface area contributed by atoms with Crippen LogP contribution in [0.5, 0.6) is 0 Å². The highest BCUT2D eigenvalue weighted by Gasteiger charge is 2.39. The number of nitrogens with two attached hydrogens (primary N) is 1. The maximum absolute atomic E-state index is 12.0. The van der Waals surface area contributed by atoms with Crippen LogP contribution in [0.15, 0.2) is 36.4 Å². The van der Waals surface area contributed by atoms with Crippen LogP contribution in [-0.2, 0) is 4.79 Å². The lowest BCUT2D eigenvalue weighted by molar-refractivity contribution is -0.117. The lowest BCUT2D eigenvalue weighted by Crippen LogP contribution is -2.17. The van der Waals surface area contributed by atoms with Crippen molar-refractivity contribution in [2.45, 2.75) is 13.3 Å². The summed E-state index contributed by atoms with van der Waals surface area (Å²) in [4.78, 5) is 24.5. The molecule has 2 unspecified atom stereocenters. The minimum Gasteiger partial charge on any atom is -0.366 e. The van der Waals surface area contributed by atoms with Crippen molar-refractivity contribution in [3.05, 3.63) is 42.0 Å². The largest absolute Gasteiger partial charge is 0.366 e. The first-order valence-electron chi connectivity index (χ1n) is 6.86. The third kappa shape index (κ3) is 2.83. The van der Waals surface area contributed by atoms with Gasteiger partial charge in [0.2, 0.25) is 5.91 Å². The number of rotatable bonds is 4. The van der Waals surface area contributed by atoms with Gasteiger partial charge in [0.1, 0.15) is 5.00 Å². The molecule has 3 N–H and O–H groups in total. The Kier molecular flexibility index (Phi) is 3.51. The van der Waals surface area contributed by atoms with Crippen LogP contribution < -0.4 is 11.1 Å². The molecule has 1 aliphatic rings. The van der Waals surface area contributed by atoms with Crippen molar-refractivity contribution in [3.8, 4) is 10.4 Å². The van der Waals surface area contributed by atoms with Gasteiger partial charge < -0.3 is 11.1 Å². The van der Waals surface area contributed by atoms with Crippen LogP contribution in [0, 0.1) is 11.8 Å². The number of nitrogens with one attached hydrogen (secondary N) is 1. The van der Waals surface area contributed by atoms with E-state index in [2.05, 4.69) is 5.32 Å².